The topological polar surface area (TPSA) is 51.5 Å². The maximum Gasteiger partial charge on any atom is 0.268 e. The minimum absolute atomic E-state index is 0.313. The maximum absolute atomic E-state index is 13.4. The van der Waals surface area contributed by atoms with E-state index in [4.69, 9.17) is 4.74 Å². The lowest BCUT2D eigenvalue weighted by Gasteiger charge is -2.27. The van der Waals surface area contributed by atoms with Crippen molar-refractivity contribution < 1.29 is 13.2 Å². The summed E-state index contributed by atoms with van der Waals surface area (Å²) in [5, 5.41) is 0.937. The highest BCUT2D eigenvalue weighted by Crippen LogP contribution is 2.27. The lowest BCUT2D eigenvalue weighted by Crippen LogP contribution is -2.36. The molecule has 1 aromatic heterocycles. The van der Waals surface area contributed by atoms with Crippen molar-refractivity contribution in [2.24, 2.45) is 0 Å². The van der Waals surface area contributed by atoms with Gasteiger partial charge >= 0.3 is 0 Å². The summed E-state index contributed by atoms with van der Waals surface area (Å²) in [6.45, 7) is 5.53. The minimum atomic E-state index is -3.66. The molecule has 26 heavy (non-hydrogen) atoms. The van der Waals surface area contributed by atoms with Crippen LogP contribution in [0.2, 0.25) is 0 Å². The molecule has 0 N–H and O–H groups in total. The molecule has 136 valence electrons. The molecule has 0 spiro atoms. The molecule has 0 bridgehead atoms. The number of aromatic nitrogens is 1. The predicted molar refractivity (Wildman–Crippen MR) is 102 cm³/mol. The third-order valence-corrected chi connectivity index (χ3v) is 6.57. The zero-order valence-corrected chi connectivity index (χ0v) is 15.6. The van der Waals surface area contributed by atoms with Gasteiger partial charge in [0.2, 0.25) is 0 Å². The fraction of sp³-hybridized carbons (Fsp3) is 0.300. The summed E-state index contributed by atoms with van der Waals surface area (Å²) in [7, 11) is -3.66. The fourth-order valence-corrected chi connectivity index (χ4v) is 4.92. The molecular weight excluding hydrogens is 348 g/mol. The molecule has 1 saturated heterocycles. The van der Waals surface area contributed by atoms with E-state index < -0.39 is 10.0 Å². The summed E-state index contributed by atoms with van der Waals surface area (Å²) in [6.07, 6.45) is 0. The van der Waals surface area contributed by atoms with Crippen molar-refractivity contribution in [1.29, 1.82) is 0 Å². The summed E-state index contributed by atoms with van der Waals surface area (Å²) >= 11 is 0. The molecule has 1 aliphatic heterocycles. The summed E-state index contributed by atoms with van der Waals surface area (Å²) in [5.41, 5.74) is 2.54. The molecule has 1 fully saturated rings. The molecule has 1 aliphatic rings. The van der Waals surface area contributed by atoms with E-state index in [9.17, 15) is 8.42 Å². The number of hydrogen-bond donors (Lipinski definition) is 0. The predicted octanol–water partition coefficient (Wildman–Crippen LogP) is 3.02. The quantitative estimate of drug-likeness (QED) is 0.708. The van der Waals surface area contributed by atoms with E-state index in [0.717, 1.165) is 35.2 Å². The van der Waals surface area contributed by atoms with Gasteiger partial charge in [-0.3, -0.25) is 4.90 Å². The van der Waals surface area contributed by atoms with E-state index in [1.54, 1.807) is 12.1 Å². The van der Waals surface area contributed by atoms with Gasteiger partial charge in [0, 0.05) is 30.7 Å². The summed E-state index contributed by atoms with van der Waals surface area (Å²) in [5.74, 6) is 0. The van der Waals surface area contributed by atoms with Crippen molar-refractivity contribution in [1.82, 2.24) is 8.87 Å². The van der Waals surface area contributed by atoms with Crippen molar-refractivity contribution in [3.05, 3.63) is 65.9 Å². The van der Waals surface area contributed by atoms with Crippen LogP contribution in [-0.2, 0) is 21.3 Å². The second kappa shape index (κ2) is 6.87. The van der Waals surface area contributed by atoms with Gasteiger partial charge in [-0.2, -0.15) is 0 Å². The van der Waals surface area contributed by atoms with Gasteiger partial charge in [-0.1, -0.05) is 35.9 Å². The first-order chi connectivity index (χ1) is 12.6. The molecule has 0 aliphatic carbocycles. The maximum atomic E-state index is 13.4. The SMILES string of the molecule is Cc1ccc(S(=O)(=O)n2c(CN3CCOCC3)cc3ccccc32)cc1. The van der Waals surface area contributed by atoms with Crippen LogP contribution in [0.1, 0.15) is 11.3 Å². The molecule has 2 heterocycles. The van der Waals surface area contributed by atoms with Crippen LogP contribution in [-0.4, -0.2) is 43.6 Å². The highest BCUT2D eigenvalue weighted by atomic mass is 32.2. The van der Waals surface area contributed by atoms with E-state index in [2.05, 4.69) is 4.90 Å². The van der Waals surface area contributed by atoms with E-state index in [-0.39, 0.29) is 0 Å². The molecule has 6 heteroatoms. The number of fused-ring (bicyclic) bond motifs is 1. The number of ether oxygens (including phenoxy) is 1. The van der Waals surface area contributed by atoms with Crippen molar-refractivity contribution in [3.63, 3.8) is 0 Å². The highest BCUT2D eigenvalue weighted by molar-refractivity contribution is 7.90. The molecule has 3 aromatic rings. The average molecular weight is 370 g/mol. The number of hydrogen-bond acceptors (Lipinski definition) is 4. The zero-order chi connectivity index (χ0) is 18.1. The van der Waals surface area contributed by atoms with Gasteiger partial charge < -0.3 is 4.74 Å². The van der Waals surface area contributed by atoms with Crippen LogP contribution in [0.15, 0.2) is 59.5 Å². The lowest BCUT2D eigenvalue weighted by molar-refractivity contribution is 0.0336. The number of benzene rings is 2. The Labute approximate surface area is 153 Å². The molecular formula is C20H22N2O3S. The van der Waals surface area contributed by atoms with Gasteiger partial charge in [-0.15, -0.1) is 0 Å². The lowest BCUT2D eigenvalue weighted by atomic mass is 10.2. The Kier molecular flexibility index (Phi) is 4.56. The summed E-state index contributed by atoms with van der Waals surface area (Å²) < 4.78 is 33.7. The fourth-order valence-electron chi connectivity index (χ4n) is 3.39. The first-order valence-corrected chi connectivity index (χ1v) is 10.2. The molecule has 0 saturated carbocycles. The van der Waals surface area contributed by atoms with Crippen molar-refractivity contribution in [2.75, 3.05) is 26.3 Å². The van der Waals surface area contributed by atoms with Crippen LogP contribution in [0.5, 0.6) is 0 Å². The molecule has 2 aromatic carbocycles. The number of morpholine rings is 1. The molecule has 5 nitrogen and oxygen atoms in total. The Morgan fingerprint density at radius 1 is 1.00 bits per heavy atom. The van der Waals surface area contributed by atoms with Gasteiger partial charge in [0.15, 0.2) is 0 Å². The molecule has 0 radical (unpaired) electrons. The highest BCUT2D eigenvalue weighted by Gasteiger charge is 2.24. The molecule has 4 rings (SSSR count). The molecule has 0 unspecified atom stereocenters. The molecule has 0 amide bonds. The smallest absolute Gasteiger partial charge is 0.268 e. The number of para-hydroxylation sites is 1. The van der Waals surface area contributed by atoms with Gasteiger partial charge in [-0.25, -0.2) is 12.4 Å². The van der Waals surface area contributed by atoms with Crippen LogP contribution in [0, 0.1) is 6.92 Å². The Balaban J connectivity index is 1.84. The van der Waals surface area contributed by atoms with Crippen molar-refractivity contribution in [2.45, 2.75) is 18.4 Å². The van der Waals surface area contributed by atoms with E-state index in [1.165, 1.54) is 3.97 Å². The zero-order valence-electron chi connectivity index (χ0n) is 14.8. The minimum Gasteiger partial charge on any atom is -0.379 e. The second-order valence-electron chi connectivity index (χ2n) is 6.67. The van der Waals surface area contributed by atoms with Crippen LogP contribution in [0.25, 0.3) is 10.9 Å². The third-order valence-electron chi connectivity index (χ3n) is 4.79. The Morgan fingerprint density at radius 2 is 1.69 bits per heavy atom. The third kappa shape index (κ3) is 3.16. The van der Waals surface area contributed by atoms with Gasteiger partial charge in [-0.05, 0) is 31.2 Å². The van der Waals surface area contributed by atoms with E-state index in [0.29, 0.717) is 24.7 Å². The Morgan fingerprint density at radius 3 is 2.42 bits per heavy atom. The number of nitrogens with zero attached hydrogens (tertiary/aromatic N) is 2. The normalized spacial score (nSPS) is 16.2. The summed E-state index contributed by atoms with van der Waals surface area (Å²) in [4.78, 5) is 2.55. The first kappa shape index (κ1) is 17.3. The van der Waals surface area contributed by atoms with E-state index >= 15 is 0 Å². The largest absolute Gasteiger partial charge is 0.379 e. The van der Waals surface area contributed by atoms with Gasteiger partial charge in [0.05, 0.1) is 23.6 Å². The van der Waals surface area contributed by atoms with Crippen LogP contribution in [0.3, 0.4) is 0 Å². The number of rotatable bonds is 4. The van der Waals surface area contributed by atoms with Crippen molar-refractivity contribution in [3.8, 4) is 0 Å². The monoisotopic (exact) mass is 370 g/mol. The number of aryl methyl sites for hydroxylation is 1. The van der Waals surface area contributed by atoms with Gasteiger partial charge in [0.1, 0.15) is 0 Å². The summed E-state index contributed by atoms with van der Waals surface area (Å²) in [6, 6.07) is 16.6. The van der Waals surface area contributed by atoms with E-state index in [1.807, 2.05) is 49.4 Å². The van der Waals surface area contributed by atoms with Crippen LogP contribution >= 0.6 is 0 Å². The van der Waals surface area contributed by atoms with Crippen LogP contribution < -0.4 is 0 Å². The average Bonchev–Trinajstić information content (AvgIpc) is 3.01. The van der Waals surface area contributed by atoms with Crippen molar-refractivity contribution >= 4 is 20.9 Å². The Bertz CT molecular complexity index is 1020. The second-order valence-corrected chi connectivity index (χ2v) is 8.45. The van der Waals surface area contributed by atoms with Gasteiger partial charge in [0.25, 0.3) is 10.0 Å². The van der Waals surface area contributed by atoms with Crippen LogP contribution in [0.4, 0.5) is 0 Å². The standard InChI is InChI=1S/C20H22N2O3S/c1-16-6-8-19(9-7-16)26(23,24)22-18(15-21-10-12-25-13-11-21)14-17-4-2-3-5-20(17)22/h2-9,14H,10-13,15H2,1H3. The first-order valence-electron chi connectivity index (χ1n) is 8.77. The Hall–Kier alpha value is -2.15. The molecule has 0 atom stereocenters.